The molecule has 0 spiro atoms. The molecule has 0 heterocycles. The zero-order valence-electron chi connectivity index (χ0n) is 8.89. The number of nitrogens with one attached hydrogen (secondary N) is 2. The summed E-state index contributed by atoms with van der Waals surface area (Å²) in [6, 6.07) is 0.152. The van der Waals surface area contributed by atoms with Gasteiger partial charge in [0.25, 0.3) is 0 Å². The summed E-state index contributed by atoms with van der Waals surface area (Å²) < 4.78 is 5.28. The van der Waals surface area contributed by atoms with Crippen molar-refractivity contribution in [2.24, 2.45) is 0 Å². The van der Waals surface area contributed by atoms with E-state index in [0.29, 0.717) is 13.2 Å². The second kappa shape index (κ2) is 6.86. The van der Waals surface area contributed by atoms with Crippen molar-refractivity contribution in [1.82, 2.24) is 10.6 Å². The van der Waals surface area contributed by atoms with Crippen LogP contribution in [0.25, 0.3) is 0 Å². The average molecular weight is 188 g/mol. The Kier molecular flexibility index (Phi) is 6.54. The number of hydrogen-bond acceptors (Lipinski definition) is 3. The van der Waals surface area contributed by atoms with Gasteiger partial charge < -0.3 is 10.1 Å². The molecule has 4 heteroatoms. The van der Waals surface area contributed by atoms with E-state index in [-0.39, 0.29) is 18.1 Å². The van der Waals surface area contributed by atoms with Gasteiger partial charge in [-0.15, -0.1) is 0 Å². The standard InChI is InChI=1S/C9H20N2O2/c1-7(2)13-6-11-8(3)5-9(12)10-4/h7-8,11H,5-6H2,1-4H3,(H,10,12)/t8-/m0/s1. The summed E-state index contributed by atoms with van der Waals surface area (Å²) in [5.74, 6) is 0.0459. The van der Waals surface area contributed by atoms with Gasteiger partial charge in [-0.25, -0.2) is 0 Å². The van der Waals surface area contributed by atoms with Crippen LogP contribution in [0.2, 0.25) is 0 Å². The molecule has 0 aromatic carbocycles. The molecule has 13 heavy (non-hydrogen) atoms. The number of amides is 1. The minimum Gasteiger partial charge on any atom is -0.364 e. The molecule has 78 valence electrons. The fourth-order valence-electron chi connectivity index (χ4n) is 0.809. The van der Waals surface area contributed by atoms with Gasteiger partial charge in [-0.05, 0) is 20.8 Å². The Bertz CT molecular complexity index is 149. The summed E-state index contributed by atoms with van der Waals surface area (Å²) in [6.07, 6.45) is 0.706. The summed E-state index contributed by atoms with van der Waals surface area (Å²) >= 11 is 0. The maximum atomic E-state index is 10.9. The first-order valence-electron chi connectivity index (χ1n) is 4.61. The van der Waals surface area contributed by atoms with Crippen molar-refractivity contribution < 1.29 is 9.53 Å². The highest BCUT2D eigenvalue weighted by molar-refractivity contribution is 5.76. The van der Waals surface area contributed by atoms with Crippen molar-refractivity contribution in [3.63, 3.8) is 0 Å². The quantitative estimate of drug-likeness (QED) is 0.596. The molecule has 0 unspecified atom stereocenters. The Hall–Kier alpha value is -0.610. The number of rotatable bonds is 6. The van der Waals surface area contributed by atoms with Crippen LogP contribution in [0.3, 0.4) is 0 Å². The minimum atomic E-state index is 0.0459. The zero-order valence-corrected chi connectivity index (χ0v) is 8.89. The van der Waals surface area contributed by atoms with Crippen molar-refractivity contribution in [3.05, 3.63) is 0 Å². The molecule has 0 saturated heterocycles. The van der Waals surface area contributed by atoms with Crippen molar-refractivity contribution in [2.45, 2.75) is 39.3 Å². The summed E-state index contributed by atoms with van der Waals surface area (Å²) in [6.45, 7) is 6.41. The van der Waals surface area contributed by atoms with E-state index >= 15 is 0 Å². The molecule has 0 aliphatic carbocycles. The molecule has 4 nitrogen and oxygen atoms in total. The van der Waals surface area contributed by atoms with E-state index in [9.17, 15) is 4.79 Å². The first-order chi connectivity index (χ1) is 6.06. The molecular formula is C9H20N2O2. The highest BCUT2D eigenvalue weighted by atomic mass is 16.5. The van der Waals surface area contributed by atoms with Crippen molar-refractivity contribution in [3.8, 4) is 0 Å². The molecular weight excluding hydrogens is 168 g/mol. The third kappa shape index (κ3) is 7.74. The highest BCUT2D eigenvalue weighted by Gasteiger charge is 2.06. The summed E-state index contributed by atoms with van der Waals surface area (Å²) in [5.41, 5.74) is 0. The van der Waals surface area contributed by atoms with Gasteiger partial charge in [-0.2, -0.15) is 0 Å². The van der Waals surface area contributed by atoms with Gasteiger partial charge in [0.2, 0.25) is 5.91 Å². The fraction of sp³-hybridized carbons (Fsp3) is 0.889. The molecule has 0 aromatic rings. The van der Waals surface area contributed by atoms with E-state index in [0.717, 1.165) is 0 Å². The molecule has 0 fully saturated rings. The maximum absolute atomic E-state index is 10.9. The molecule has 0 radical (unpaired) electrons. The largest absolute Gasteiger partial charge is 0.364 e. The lowest BCUT2D eigenvalue weighted by atomic mass is 10.2. The van der Waals surface area contributed by atoms with Crippen LogP contribution in [0.4, 0.5) is 0 Å². The molecule has 2 N–H and O–H groups in total. The lowest BCUT2D eigenvalue weighted by Crippen LogP contribution is -2.34. The Morgan fingerprint density at radius 2 is 2.00 bits per heavy atom. The lowest BCUT2D eigenvalue weighted by molar-refractivity contribution is -0.121. The summed E-state index contributed by atoms with van der Waals surface area (Å²) in [4.78, 5) is 10.9. The van der Waals surface area contributed by atoms with Crippen LogP contribution in [-0.2, 0) is 9.53 Å². The third-order valence-electron chi connectivity index (χ3n) is 1.62. The van der Waals surface area contributed by atoms with E-state index in [4.69, 9.17) is 4.74 Å². The van der Waals surface area contributed by atoms with E-state index in [1.54, 1.807) is 7.05 Å². The van der Waals surface area contributed by atoms with E-state index in [1.165, 1.54) is 0 Å². The number of hydrogen-bond donors (Lipinski definition) is 2. The Labute approximate surface area is 80.0 Å². The van der Waals surface area contributed by atoms with Gasteiger partial charge in [0.1, 0.15) is 0 Å². The van der Waals surface area contributed by atoms with Crippen LogP contribution in [0, 0.1) is 0 Å². The number of ether oxygens (including phenoxy) is 1. The lowest BCUT2D eigenvalue weighted by Gasteiger charge is -2.14. The van der Waals surface area contributed by atoms with Crippen molar-refractivity contribution in [1.29, 1.82) is 0 Å². The molecule has 0 aromatic heterocycles. The van der Waals surface area contributed by atoms with E-state index in [2.05, 4.69) is 10.6 Å². The van der Waals surface area contributed by atoms with Gasteiger partial charge in [0.05, 0.1) is 12.8 Å². The minimum absolute atomic E-state index is 0.0459. The topological polar surface area (TPSA) is 50.4 Å². The average Bonchev–Trinajstić information content (AvgIpc) is 2.03. The van der Waals surface area contributed by atoms with Crippen LogP contribution in [0.5, 0.6) is 0 Å². The monoisotopic (exact) mass is 188 g/mol. The predicted octanol–water partition coefficient (Wildman–Crippen LogP) is 0.483. The first-order valence-corrected chi connectivity index (χ1v) is 4.61. The molecule has 0 bridgehead atoms. The van der Waals surface area contributed by atoms with Gasteiger partial charge in [0, 0.05) is 19.5 Å². The van der Waals surface area contributed by atoms with Crippen LogP contribution >= 0.6 is 0 Å². The predicted molar refractivity (Wildman–Crippen MR) is 52.4 cm³/mol. The Morgan fingerprint density at radius 1 is 1.38 bits per heavy atom. The highest BCUT2D eigenvalue weighted by Crippen LogP contribution is 1.91. The van der Waals surface area contributed by atoms with Crippen molar-refractivity contribution >= 4 is 5.91 Å². The third-order valence-corrected chi connectivity index (χ3v) is 1.62. The van der Waals surface area contributed by atoms with Gasteiger partial charge in [-0.3, -0.25) is 10.1 Å². The number of carbonyl (C=O) groups is 1. The van der Waals surface area contributed by atoms with Gasteiger partial charge in [-0.1, -0.05) is 0 Å². The Morgan fingerprint density at radius 3 is 2.46 bits per heavy atom. The van der Waals surface area contributed by atoms with Gasteiger partial charge in [0.15, 0.2) is 0 Å². The van der Waals surface area contributed by atoms with Crippen LogP contribution < -0.4 is 10.6 Å². The van der Waals surface area contributed by atoms with E-state index < -0.39 is 0 Å². The second-order valence-electron chi connectivity index (χ2n) is 3.34. The molecule has 0 saturated carbocycles. The molecule has 0 aliphatic heterocycles. The van der Waals surface area contributed by atoms with Crippen LogP contribution in [0.1, 0.15) is 27.2 Å². The zero-order chi connectivity index (χ0) is 10.3. The molecule has 0 rings (SSSR count). The molecule has 1 atom stereocenters. The molecule has 1 amide bonds. The van der Waals surface area contributed by atoms with Crippen molar-refractivity contribution in [2.75, 3.05) is 13.8 Å². The first kappa shape index (κ1) is 12.4. The second-order valence-corrected chi connectivity index (χ2v) is 3.34. The molecule has 0 aliphatic rings. The fourth-order valence-corrected chi connectivity index (χ4v) is 0.809. The summed E-state index contributed by atoms with van der Waals surface area (Å²) in [5, 5.41) is 5.67. The van der Waals surface area contributed by atoms with Crippen LogP contribution in [0.15, 0.2) is 0 Å². The van der Waals surface area contributed by atoms with Gasteiger partial charge >= 0.3 is 0 Å². The van der Waals surface area contributed by atoms with E-state index in [1.807, 2.05) is 20.8 Å². The smallest absolute Gasteiger partial charge is 0.221 e. The Balaban J connectivity index is 3.40. The normalized spacial score (nSPS) is 13.0. The summed E-state index contributed by atoms with van der Waals surface area (Å²) in [7, 11) is 1.64. The SMILES string of the molecule is CNC(=O)C[C@H](C)NCOC(C)C. The maximum Gasteiger partial charge on any atom is 0.221 e. The van der Waals surface area contributed by atoms with Crippen LogP contribution in [-0.4, -0.2) is 31.8 Å². The number of carbonyl (C=O) groups excluding carboxylic acids is 1.